The third kappa shape index (κ3) is 14.1. The second kappa shape index (κ2) is 16.5. The zero-order chi connectivity index (χ0) is 16.5. The van der Waals surface area contributed by atoms with E-state index in [2.05, 4.69) is 36.6 Å². The van der Waals surface area contributed by atoms with Gasteiger partial charge in [-0.15, -0.1) is 0 Å². The van der Waals surface area contributed by atoms with Crippen molar-refractivity contribution < 1.29 is 0 Å². The molecule has 1 aromatic rings. The molecule has 0 atom stereocenters. The summed E-state index contributed by atoms with van der Waals surface area (Å²) in [6, 6.07) is 10.4. The zero-order valence-corrected chi connectivity index (χ0v) is 15.0. The van der Waals surface area contributed by atoms with Gasteiger partial charge >= 0.3 is 0 Å². The summed E-state index contributed by atoms with van der Waals surface area (Å²) in [4.78, 5) is 0. The van der Waals surface area contributed by atoms with Gasteiger partial charge in [0.2, 0.25) is 0 Å². The molecule has 128 valence electrons. The Balaban J connectivity index is 0.000000401. The quantitative estimate of drug-likeness (QED) is 0.472. The highest BCUT2D eigenvalue weighted by Crippen LogP contribution is 2.07. The number of hydrogen-bond acceptors (Lipinski definition) is 3. The van der Waals surface area contributed by atoms with E-state index in [9.17, 15) is 0 Å². The molecule has 0 aliphatic carbocycles. The molecule has 22 heavy (non-hydrogen) atoms. The first-order valence-corrected chi connectivity index (χ1v) is 8.87. The second-order valence-corrected chi connectivity index (χ2v) is 5.83. The first-order valence-electron chi connectivity index (χ1n) is 8.87. The first kappa shape index (κ1) is 21.1. The number of hydrogen-bond donors (Lipinski definition) is 2. The molecule has 0 aromatic heterocycles. The van der Waals surface area contributed by atoms with E-state index in [0.29, 0.717) is 0 Å². The molecule has 0 unspecified atom stereocenters. The number of unbranched alkanes of at least 4 members (excludes halogenated alkanes) is 7. The average molecular weight is 308 g/mol. The van der Waals surface area contributed by atoms with Crippen molar-refractivity contribution in [2.45, 2.75) is 64.8 Å². The molecule has 0 spiro atoms. The Hall–Kier alpha value is -0.900. The van der Waals surface area contributed by atoms with Gasteiger partial charge in [-0.25, -0.2) is 5.01 Å². The lowest BCUT2D eigenvalue weighted by molar-refractivity contribution is 0.251. The molecule has 3 N–H and O–H groups in total. The monoisotopic (exact) mass is 307 g/mol. The van der Waals surface area contributed by atoms with Crippen LogP contribution in [-0.4, -0.2) is 25.6 Å². The van der Waals surface area contributed by atoms with Gasteiger partial charge in [-0.1, -0.05) is 82.2 Å². The minimum atomic E-state index is 0.870. The van der Waals surface area contributed by atoms with E-state index in [0.717, 1.165) is 13.1 Å². The van der Waals surface area contributed by atoms with Crippen LogP contribution in [0.4, 0.5) is 0 Å². The molecular formula is C19H37N3. The van der Waals surface area contributed by atoms with Crippen molar-refractivity contribution in [3.8, 4) is 0 Å². The standard InChI is InChI=1S/C10H23N.C9H14N2/c1-2-3-4-5-6-7-8-9-10-11;1-10-11(2)8-9-6-4-3-5-7-9/h2-11H2,1H3;3-7,10H,8H2,1-2H3. The normalized spacial score (nSPS) is 10.4. The molecule has 0 saturated heterocycles. The van der Waals surface area contributed by atoms with Gasteiger partial charge in [-0.3, -0.25) is 5.43 Å². The van der Waals surface area contributed by atoms with Crippen molar-refractivity contribution >= 4 is 0 Å². The van der Waals surface area contributed by atoms with E-state index >= 15 is 0 Å². The summed E-state index contributed by atoms with van der Waals surface area (Å²) in [5.74, 6) is 0. The van der Waals surface area contributed by atoms with E-state index in [-0.39, 0.29) is 0 Å². The minimum absolute atomic E-state index is 0.870. The number of hydrazine groups is 1. The largest absolute Gasteiger partial charge is 0.330 e. The van der Waals surface area contributed by atoms with Crippen LogP contribution >= 0.6 is 0 Å². The van der Waals surface area contributed by atoms with Gasteiger partial charge in [-0.05, 0) is 25.6 Å². The van der Waals surface area contributed by atoms with Crippen LogP contribution in [-0.2, 0) is 6.54 Å². The Morgan fingerprint density at radius 1 is 0.909 bits per heavy atom. The van der Waals surface area contributed by atoms with Crippen molar-refractivity contribution in [3.05, 3.63) is 35.9 Å². The Kier molecular flexibility index (Phi) is 15.8. The first-order chi connectivity index (χ1) is 10.7. The van der Waals surface area contributed by atoms with E-state index in [4.69, 9.17) is 5.73 Å². The molecule has 0 aliphatic heterocycles. The maximum absolute atomic E-state index is 5.39. The molecule has 0 radical (unpaired) electrons. The van der Waals surface area contributed by atoms with Crippen LogP contribution in [0.3, 0.4) is 0 Å². The molecule has 3 nitrogen and oxygen atoms in total. The molecule has 0 fully saturated rings. The van der Waals surface area contributed by atoms with Gasteiger partial charge in [0.25, 0.3) is 0 Å². The van der Waals surface area contributed by atoms with Crippen LogP contribution in [0.15, 0.2) is 30.3 Å². The Labute approximate surface area is 138 Å². The summed E-state index contributed by atoms with van der Waals surface area (Å²) in [6.07, 6.45) is 11.0. The Bertz CT molecular complexity index is 306. The van der Waals surface area contributed by atoms with Crippen LogP contribution < -0.4 is 11.2 Å². The number of nitrogens with zero attached hydrogens (tertiary/aromatic N) is 1. The second-order valence-electron chi connectivity index (χ2n) is 5.83. The summed E-state index contributed by atoms with van der Waals surface area (Å²) in [6.45, 7) is 4.07. The van der Waals surface area contributed by atoms with Crippen molar-refractivity contribution in [1.29, 1.82) is 0 Å². The Morgan fingerprint density at radius 3 is 1.95 bits per heavy atom. The number of nitrogens with two attached hydrogens (primary N) is 1. The highest BCUT2D eigenvalue weighted by molar-refractivity contribution is 5.14. The number of rotatable bonds is 11. The smallest absolute Gasteiger partial charge is 0.0378 e. The third-order valence-corrected chi connectivity index (χ3v) is 3.70. The van der Waals surface area contributed by atoms with Gasteiger partial charge in [0.15, 0.2) is 0 Å². The van der Waals surface area contributed by atoms with Crippen LogP contribution in [0.5, 0.6) is 0 Å². The lowest BCUT2D eigenvalue weighted by Gasteiger charge is -2.14. The van der Waals surface area contributed by atoms with Crippen molar-refractivity contribution in [1.82, 2.24) is 10.4 Å². The molecule has 0 heterocycles. The molecule has 0 amide bonds. The fourth-order valence-electron chi connectivity index (χ4n) is 2.21. The molecule has 0 bridgehead atoms. The van der Waals surface area contributed by atoms with Crippen LogP contribution in [0.25, 0.3) is 0 Å². The topological polar surface area (TPSA) is 41.3 Å². The highest BCUT2D eigenvalue weighted by Gasteiger charge is 1.94. The lowest BCUT2D eigenvalue weighted by atomic mass is 10.1. The van der Waals surface area contributed by atoms with E-state index in [1.807, 2.05) is 25.2 Å². The summed E-state index contributed by atoms with van der Waals surface area (Å²) in [5, 5.41) is 2.04. The van der Waals surface area contributed by atoms with Gasteiger partial charge in [-0.2, -0.15) is 0 Å². The van der Waals surface area contributed by atoms with Crippen LogP contribution in [0, 0.1) is 0 Å². The summed E-state index contributed by atoms with van der Waals surface area (Å²) >= 11 is 0. The highest BCUT2D eigenvalue weighted by atomic mass is 15.5. The zero-order valence-electron chi connectivity index (χ0n) is 15.0. The van der Waals surface area contributed by atoms with Crippen LogP contribution in [0.1, 0.15) is 63.9 Å². The van der Waals surface area contributed by atoms with Gasteiger partial charge < -0.3 is 5.73 Å². The summed E-state index contributed by atoms with van der Waals surface area (Å²) in [5.41, 5.74) is 9.76. The van der Waals surface area contributed by atoms with E-state index < -0.39 is 0 Å². The number of benzene rings is 1. The minimum Gasteiger partial charge on any atom is -0.330 e. The molecule has 0 saturated carbocycles. The maximum Gasteiger partial charge on any atom is 0.0378 e. The predicted octanol–water partition coefficient (Wildman–Crippen LogP) is 4.34. The van der Waals surface area contributed by atoms with Gasteiger partial charge in [0.1, 0.15) is 0 Å². The van der Waals surface area contributed by atoms with E-state index in [1.165, 1.54) is 56.9 Å². The summed E-state index contributed by atoms with van der Waals surface area (Å²) < 4.78 is 0. The predicted molar refractivity (Wildman–Crippen MR) is 98.6 cm³/mol. The van der Waals surface area contributed by atoms with Crippen molar-refractivity contribution in [2.24, 2.45) is 5.73 Å². The number of nitrogens with one attached hydrogen (secondary N) is 1. The Morgan fingerprint density at radius 2 is 1.45 bits per heavy atom. The molecular weight excluding hydrogens is 270 g/mol. The fourth-order valence-corrected chi connectivity index (χ4v) is 2.21. The SMILES string of the molecule is CCCCCCCCCCN.CNN(C)Cc1ccccc1. The fraction of sp³-hybridized carbons (Fsp3) is 0.684. The third-order valence-electron chi connectivity index (χ3n) is 3.70. The van der Waals surface area contributed by atoms with E-state index in [1.54, 1.807) is 0 Å². The van der Waals surface area contributed by atoms with Crippen molar-refractivity contribution in [2.75, 3.05) is 20.6 Å². The molecule has 1 rings (SSSR count). The van der Waals surface area contributed by atoms with Gasteiger partial charge in [0, 0.05) is 13.6 Å². The molecule has 0 aliphatic rings. The van der Waals surface area contributed by atoms with Crippen LogP contribution in [0.2, 0.25) is 0 Å². The average Bonchev–Trinajstić information content (AvgIpc) is 2.55. The molecule has 3 heteroatoms. The summed E-state index contributed by atoms with van der Waals surface area (Å²) in [7, 11) is 3.94. The van der Waals surface area contributed by atoms with Crippen molar-refractivity contribution in [3.63, 3.8) is 0 Å². The lowest BCUT2D eigenvalue weighted by Crippen LogP contribution is -2.29. The van der Waals surface area contributed by atoms with Gasteiger partial charge in [0.05, 0.1) is 0 Å². The maximum atomic E-state index is 5.39. The molecule has 1 aromatic carbocycles.